The molecule has 1 N–H and O–H groups in total. The van der Waals surface area contributed by atoms with E-state index >= 15 is 0 Å². The van der Waals surface area contributed by atoms with E-state index in [4.69, 9.17) is 21.1 Å². The molecule has 142 valence electrons. The van der Waals surface area contributed by atoms with E-state index in [1.165, 1.54) is 12.1 Å². The van der Waals surface area contributed by atoms with Gasteiger partial charge in [-0.25, -0.2) is 9.18 Å². The van der Waals surface area contributed by atoms with Crippen LogP contribution in [-0.4, -0.2) is 18.5 Å². The molecule has 0 aliphatic rings. The first-order valence-electron chi connectivity index (χ1n) is 8.27. The molecule has 0 aliphatic heterocycles. The molecule has 0 fully saturated rings. The van der Waals surface area contributed by atoms with Crippen LogP contribution in [0.4, 0.5) is 10.1 Å². The fraction of sp³-hybridized carbons (Fsp3) is 0.0476. The Balaban J connectivity index is 1.53. The largest absolute Gasteiger partial charge is 0.457 e. The van der Waals surface area contributed by atoms with Crippen molar-refractivity contribution in [3.8, 4) is 11.5 Å². The number of anilines is 1. The highest BCUT2D eigenvalue weighted by atomic mass is 35.5. The standard InChI is InChI=1S/C21H15ClFNO4/c22-17-7-4-8-18(23)20(17)21(26)27-13-19(25)24-14-9-11-16(12-10-14)28-15-5-2-1-3-6-15/h1-12H,13H2,(H,24,25). The maximum atomic E-state index is 13.7. The molecule has 0 bridgehead atoms. The summed E-state index contributed by atoms with van der Waals surface area (Å²) >= 11 is 5.79. The summed E-state index contributed by atoms with van der Waals surface area (Å²) in [6.07, 6.45) is 0. The summed E-state index contributed by atoms with van der Waals surface area (Å²) in [5.74, 6) is -1.10. The van der Waals surface area contributed by atoms with Crippen LogP contribution in [0.15, 0.2) is 72.8 Å². The van der Waals surface area contributed by atoms with E-state index in [0.29, 0.717) is 17.2 Å². The van der Waals surface area contributed by atoms with Gasteiger partial charge in [-0.3, -0.25) is 4.79 Å². The minimum absolute atomic E-state index is 0.0839. The molecule has 0 saturated heterocycles. The molecule has 7 heteroatoms. The van der Waals surface area contributed by atoms with Gasteiger partial charge in [-0.1, -0.05) is 35.9 Å². The minimum Gasteiger partial charge on any atom is -0.457 e. The maximum Gasteiger partial charge on any atom is 0.343 e. The van der Waals surface area contributed by atoms with E-state index in [9.17, 15) is 14.0 Å². The highest BCUT2D eigenvalue weighted by Crippen LogP contribution is 2.23. The van der Waals surface area contributed by atoms with Crippen LogP contribution in [0.2, 0.25) is 5.02 Å². The molecule has 5 nitrogen and oxygen atoms in total. The predicted octanol–water partition coefficient (Wildman–Crippen LogP) is 5.07. The van der Waals surface area contributed by atoms with Gasteiger partial charge in [0.25, 0.3) is 5.91 Å². The number of esters is 1. The molecule has 0 aromatic heterocycles. The Morgan fingerprint density at radius 3 is 2.25 bits per heavy atom. The zero-order valence-electron chi connectivity index (χ0n) is 14.5. The Hall–Kier alpha value is -3.38. The second kappa shape index (κ2) is 9.01. The monoisotopic (exact) mass is 399 g/mol. The van der Waals surface area contributed by atoms with Crippen LogP contribution < -0.4 is 10.1 Å². The van der Waals surface area contributed by atoms with Crippen LogP contribution in [0.1, 0.15) is 10.4 Å². The molecule has 1 amide bonds. The molecule has 0 radical (unpaired) electrons. The van der Waals surface area contributed by atoms with Crippen molar-refractivity contribution in [1.82, 2.24) is 0 Å². The second-order valence-electron chi connectivity index (χ2n) is 5.66. The van der Waals surface area contributed by atoms with Crippen molar-refractivity contribution in [2.24, 2.45) is 0 Å². The van der Waals surface area contributed by atoms with Crippen molar-refractivity contribution in [3.05, 3.63) is 89.2 Å². The number of para-hydroxylation sites is 1. The van der Waals surface area contributed by atoms with Gasteiger partial charge in [-0.15, -0.1) is 0 Å². The van der Waals surface area contributed by atoms with Crippen molar-refractivity contribution >= 4 is 29.2 Å². The van der Waals surface area contributed by atoms with Crippen LogP contribution in [-0.2, 0) is 9.53 Å². The lowest BCUT2D eigenvalue weighted by atomic mass is 10.2. The van der Waals surface area contributed by atoms with Crippen LogP contribution in [0.3, 0.4) is 0 Å². The summed E-state index contributed by atoms with van der Waals surface area (Å²) in [6, 6.07) is 19.7. The zero-order chi connectivity index (χ0) is 19.9. The van der Waals surface area contributed by atoms with Crippen molar-refractivity contribution in [1.29, 1.82) is 0 Å². The summed E-state index contributed by atoms with van der Waals surface area (Å²) in [5.41, 5.74) is 0.0877. The molecule has 0 atom stereocenters. The highest BCUT2D eigenvalue weighted by Gasteiger charge is 2.18. The molecule has 0 aliphatic carbocycles. The summed E-state index contributed by atoms with van der Waals surface area (Å²) < 4.78 is 24.2. The Morgan fingerprint density at radius 1 is 0.893 bits per heavy atom. The SMILES string of the molecule is O=C(COC(=O)c1c(F)cccc1Cl)Nc1ccc(Oc2ccccc2)cc1. The first-order chi connectivity index (χ1) is 13.5. The minimum atomic E-state index is -1.01. The van der Waals surface area contributed by atoms with Gasteiger partial charge < -0.3 is 14.8 Å². The first kappa shape index (κ1) is 19.4. The van der Waals surface area contributed by atoms with Gasteiger partial charge in [-0.05, 0) is 48.5 Å². The smallest absolute Gasteiger partial charge is 0.343 e. The molecule has 3 aromatic carbocycles. The van der Waals surface area contributed by atoms with Gasteiger partial charge in [0.05, 0.1) is 5.02 Å². The highest BCUT2D eigenvalue weighted by molar-refractivity contribution is 6.33. The molecule has 0 spiro atoms. The fourth-order valence-electron chi connectivity index (χ4n) is 2.32. The van der Waals surface area contributed by atoms with E-state index in [-0.39, 0.29) is 5.02 Å². The Morgan fingerprint density at radius 2 is 1.57 bits per heavy atom. The van der Waals surface area contributed by atoms with E-state index in [1.54, 1.807) is 24.3 Å². The zero-order valence-corrected chi connectivity index (χ0v) is 15.3. The molecule has 0 unspecified atom stereocenters. The van der Waals surface area contributed by atoms with E-state index in [2.05, 4.69) is 5.32 Å². The van der Waals surface area contributed by atoms with Crippen molar-refractivity contribution in [2.45, 2.75) is 0 Å². The molecule has 3 aromatic rings. The van der Waals surface area contributed by atoms with Crippen LogP contribution in [0, 0.1) is 5.82 Å². The van der Waals surface area contributed by atoms with E-state index in [1.807, 2.05) is 30.3 Å². The normalized spacial score (nSPS) is 10.2. The summed E-state index contributed by atoms with van der Waals surface area (Å²) in [6.45, 7) is -0.578. The van der Waals surface area contributed by atoms with Gasteiger partial charge in [-0.2, -0.15) is 0 Å². The van der Waals surface area contributed by atoms with Crippen molar-refractivity contribution < 1.29 is 23.5 Å². The summed E-state index contributed by atoms with van der Waals surface area (Å²) in [5, 5.41) is 2.49. The quantitative estimate of drug-likeness (QED) is 0.588. The lowest BCUT2D eigenvalue weighted by Gasteiger charge is -2.09. The topological polar surface area (TPSA) is 64.6 Å². The van der Waals surface area contributed by atoms with Crippen molar-refractivity contribution in [3.63, 3.8) is 0 Å². The van der Waals surface area contributed by atoms with Gasteiger partial charge >= 0.3 is 5.97 Å². The lowest BCUT2D eigenvalue weighted by Crippen LogP contribution is -2.21. The Kier molecular flexibility index (Phi) is 6.24. The third-order valence-corrected chi connectivity index (χ3v) is 3.93. The number of carbonyl (C=O) groups is 2. The molecular formula is C21H15ClFNO4. The molecule has 28 heavy (non-hydrogen) atoms. The average Bonchev–Trinajstić information content (AvgIpc) is 2.69. The van der Waals surface area contributed by atoms with Gasteiger partial charge in [0, 0.05) is 5.69 Å². The molecule has 0 heterocycles. The first-order valence-corrected chi connectivity index (χ1v) is 8.64. The number of halogens is 2. The number of carbonyl (C=O) groups excluding carboxylic acids is 2. The van der Waals surface area contributed by atoms with Gasteiger partial charge in [0.15, 0.2) is 6.61 Å². The summed E-state index contributed by atoms with van der Waals surface area (Å²) in [7, 11) is 0. The third-order valence-electron chi connectivity index (χ3n) is 3.62. The molecule has 0 saturated carbocycles. The fourth-order valence-corrected chi connectivity index (χ4v) is 2.56. The summed E-state index contributed by atoms with van der Waals surface area (Å²) in [4.78, 5) is 23.9. The molecule has 3 rings (SSSR count). The number of ether oxygens (including phenoxy) is 2. The third kappa shape index (κ3) is 5.08. The Bertz CT molecular complexity index is 957. The van der Waals surface area contributed by atoms with E-state index < -0.39 is 29.9 Å². The van der Waals surface area contributed by atoms with Crippen LogP contribution >= 0.6 is 11.6 Å². The average molecular weight is 400 g/mol. The van der Waals surface area contributed by atoms with Crippen LogP contribution in [0.25, 0.3) is 0 Å². The lowest BCUT2D eigenvalue weighted by molar-refractivity contribution is -0.119. The number of hydrogen-bond acceptors (Lipinski definition) is 4. The predicted molar refractivity (Wildman–Crippen MR) is 103 cm³/mol. The van der Waals surface area contributed by atoms with Gasteiger partial charge in [0.1, 0.15) is 22.9 Å². The maximum absolute atomic E-state index is 13.7. The number of rotatable bonds is 6. The van der Waals surface area contributed by atoms with Crippen molar-refractivity contribution in [2.75, 3.05) is 11.9 Å². The second-order valence-corrected chi connectivity index (χ2v) is 6.07. The Labute approximate surface area is 165 Å². The van der Waals surface area contributed by atoms with Gasteiger partial charge in [0.2, 0.25) is 0 Å². The van der Waals surface area contributed by atoms with Crippen LogP contribution in [0.5, 0.6) is 11.5 Å². The van der Waals surface area contributed by atoms with E-state index in [0.717, 1.165) is 6.07 Å². The molecular weight excluding hydrogens is 385 g/mol. The number of amides is 1. The number of hydrogen-bond donors (Lipinski definition) is 1. The number of benzene rings is 3. The number of nitrogens with one attached hydrogen (secondary N) is 1.